The van der Waals surface area contributed by atoms with Crippen LogP contribution < -0.4 is 16.6 Å². The second-order valence-electron chi connectivity index (χ2n) is 7.10. The molecule has 0 aliphatic carbocycles. The van der Waals surface area contributed by atoms with Crippen LogP contribution in [0.25, 0.3) is 11.2 Å². The van der Waals surface area contributed by atoms with E-state index in [1.165, 1.54) is 10.1 Å². The second kappa shape index (κ2) is 7.19. The molecule has 2 N–H and O–H groups in total. The van der Waals surface area contributed by atoms with E-state index in [-0.39, 0.29) is 0 Å². The molecule has 2 aromatic heterocycles. The Balaban J connectivity index is 2.02. The molecule has 7 nitrogen and oxygen atoms in total. The standard InChI is InChI=1S/C19H25N5O2/c1-12(2)9-10-24-15-16(23(4)19(26)22-17(15)25)21-18(24)20-11-14-7-5-13(3)6-8-14/h5-8,12H,9-11H2,1-4H3,(H,20,21)(H,22,25,26). The van der Waals surface area contributed by atoms with Crippen LogP contribution >= 0.6 is 0 Å². The van der Waals surface area contributed by atoms with Crippen molar-refractivity contribution in [2.75, 3.05) is 5.32 Å². The van der Waals surface area contributed by atoms with Crippen LogP contribution in [0, 0.1) is 12.8 Å². The first-order chi connectivity index (χ1) is 12.4. The number of aromatic nitrogens is 4. The summed E-state index contributed by atoms with van der Waals surface area (Å²) in [5.41, 5.74) is 2.30. The lowest BCUT2D eigenvalue weighted by atomic mass is 10.1. The molecule has 0 amide bonds. The number of imidazole rings is 1. The fourth-order valence-electron chi connectivity index (χ4n) is 2.86. The number of H-pyrrole nitrogens is 1. The first kappa shape index (κ1) is 18.0. The lowest BCUT2D eigenvalue weighted by Gasteiger charge is -2.12. The average Bonchev–Trinajstić information content (AvgIpc) is 2.96. The normalized spacial score (nSPS) is 11.4. The average molecular weight is 355 g/mol. The van der Waals surface area contributed by atoms with Crippen molar-refractivity contribution in [3.63, 3.8) is 0 Å². The van der Waals surface area contributed by atoms with Crippen molar-refractivity contribution in [1.29, 1.82) is 0 Å². The highest BCUT2D eigenvalue weighted by atomic mass is 16.2. The highest BCUT2D eigenvalue weighted by Gasteiger charge is 2.17. The number of nitrogens with one attached hydrogen (secondary N) is 2. The van der Waals surface area contributed by atoms with Gasteiger partial charge in [0.1, 0.15) is 0 Å². The van der Waals surface area contributed by atoms with Crippen LogP contribution in [0.3, 0.4) is 0 Å². The lowest BCUT2D eigenvalue weighted by Crippen LogP contribution is -2.29. The van der Waals surface area contributed by atoms with Gasteiger partial charge in [-0.15, -0.1) is 0 Å². The smallest absolute Gasteiger partial charge is 0.329 e. The zero-order valence-electron chi connectivity index (χ0n) is 15.7. The highest BCUT2D eigenvalue weighted by Crippen LogP contribution is 2.18. The minimum absolute atomic E-state index is 0.397. The summed E-state index contributed by atoms with van der Waals surface area (Å²) in [5.74, 6) is 1.09. The van der Waals surface area contributed by atoms with Gasteiger partial charge < -0.3 is 9.88 Å². The number of fused-ring (bicyclic) bond motifs is 1. The summed E-state index contributed by atoms with van der Waals surface area (Å²) in [6.07, 6.45) is 0.910. The number of hydrogen-bond donors (Lipinski definition) is 2. The maximum atomic E-state index is 12.4. The summed E-state index contributed by atoms with van der Waals surface area (Å²) >= 11 is 0. The Hall–Kier alpha value is -2.83. The molecule has 0 atom stereocenters. The molecule has 0 fully saturated rings. The Morgan fingerprint density at radius 1 is 1.19 bits per heavy atom. The fourth-order valence-corrected chi connectivity index (χ4v) is 2.86. The molecule has 0 spiro atoms. The number of rotatable bonds is 6. The first-order valence-electron chi connectivity index (χ1n) is 8.85. The summed E-state index contributed by atoms with van der Waals surface area (Å²) in [4.78, 5) is 31.2. The van der Waals surface area contributed by atoms with Gasteiger partial charge in [-0.05, 0) is 24.8 Å². The zero-order chi connectivity index (χ0) is 18.8. The summed E-state index contributed by atoms with van der Waals surface area (Å²) in [5, 5.41) is 3.32. The van der Waals surface area contributed by atoms with Gasteiger partial charge in [-0.1, -0.05) is 43.7 Å². The summed E-state index contributed by atoms with van der Waals surface area (Å²) in [6, 6.07) is 8.25. The Kier molecular flexibility index (Phi) is 4.97. The summed E-state index contributed by atoms with van der Waals surface area (Å²) < 4.78 is 3.25. The second-order valence-corrected chi connectivity index (χ2v) is 7.10. The molecule has 7 heteroatoms. The molecule has 0 unspecified atom stereocenters. The fraction of sp³-hybridized carbons (Fsp3) is 0.421. The number of anilines is 1. The van der Waals surface area contributed by atoms with Crippen molar-refractivity contribution in [2.24, 2.45) is 13.0 Å². The molecule has 1 aromatic carbocycles. The van der Waals surface area contributed by atoms with Crippen molar-refractivity contribution in [2.45, 2.75) is 40.3 Å². The van der Waals surface area contributed by atoms with Crippen LogP contribution in [-0.2, 0) is 20.1 Å². The zero-order valence-corrected chi connectivity index (χ0v) is 15.7. The van der Waals surface area contributed by atoms with E-state index in [2.05, 4.69) is 60.3 Å². The molecule has 3 aromatic rings. The van der Waals surface area contributed by atoms with Crippen molar-refractivity contribution < 1.29 is 0 Å². The molecule has 0 saturated heterocycles. The molecule has 26 heavy (non-hydrogen) atoms. The minimum atomic E-state index is -0.457. The summed E-state index contributed by atoms with van der Waals surface area (Å²) in [6.45, 7) is 7.58. The van der Waals surface area contributed by atoms with Crippen LogP contribution in [-0.4, -0.2) is 19.1 Å². The first-order valence-corrected chi connectivity index (χ1v) is 8.85. The molecule has 0 bridgehead atoms. The Morgan fingerprint density at radius 3 is 2.54 bits per heavy atom. The quantitative estimate of drug-likeness (QED) is 0.711. The molecule has 138 valence electrons. The topological polar surface area (TPSA) is 84.7 Å². The monoisotopic (exact) mass is 355 g/mol. The number of benzene rings is 1. The third kappa shape index (κ3) is 3.56. The van der Waals surface area contributed by atoms with Crippen LogP contribution in [0.2, 0.25) is 0 Å². The predicted octanol–water partition coefficient (Wildman–Crippen LogP) is 2.39. The summed E-state index contributed by atoms with van der Waals surface area (Å²) in [7, 11) is 1.62. The van der Waals surface area contributed by atoms with E-state index >= 15 is 0 Å². The third-order valence-corrected chi connectivity index (χ3v) is 4.51. The third-order valence-electron chi connectivity index (χ3n) is 4.51. The number of aryl methyl sites for hydroxylation is 3. The van der Waals surface area contributed by atoms with Crippen LogP contribution in [0.5, 0.6) is 0 Å². The maximum absolute atomic E-state index is 12.4. The van der Waals surface area contributed by atoms with Gasteiger partial charge in [0.15, 0.2) is 11.2 Å². The van der Waals surface area contributed by atoms with Crippen molar-refractivity contribution in [3.05, 3.63) is 56.2 Å². The molecule has 0 aliphatic rings. The van der Waals surface area contributed by atoms with Gasteiger partial charge in [0.05, 0.1) is 0 Å². The number of hydrogen-bond acceptors (Lipinski definition) is 4. The van der Waals surface area contributed by atoms with E-state index in [1.807, 2.05) is 4.57 Å². The van der Waals surface area contributed by atoms with E-state index in [1.54, 1.807) is 7.05 Å². The number of aromatic amines is 1. The molecule has 3 rings (SSSR count). The van der Waals surface area contributed by atoms with E-state index < -0.39 is 11.2 Å². The molecule has 0 aliphatic heterocycles. The molecule has 2 heterocycles. The van der Waals surface area contributed by atoms with Crippen molar-refractivity contribution in [3.8, 4) is 0 Å². The van der Waals surface area contributed by atoms with Gasteiger partial charge in [-0.2, -0.15) is 4.98 Å². The largest absolute Gasteiger partial charge is 0.352 e. The van der Waals surface area contributed by atoms with Gasteiger partial charge in [0, 0.05) is 20.1 Å². The van der Waals surface area contributed by atoms with E-state index in [0.717, 1.165) is 12.0 Å². The van der Waals surface area contributed by atoms with Crippen molar-refractivity contribution in [1.82, 2.24) is 19.1 Å². The molecular weight excluding hydrogens is 330 g/mol. The van der Waals surface area contributed by atoms with Crippen LogP contribution in [0.15, 0.2) is 33.9 Å². The Bertz CT molecular complexity index is 1020. The van der Waals surface area contributed by atoms with Gasteiger partial charge >= 0.3 is 5.69 Å². The van der Waals surface area contributed by atoms with E-state index in [9.17, 15) is 9.59 Å². The van der Waals surface area contributed by atoms with E-state index in [0.29, 0.717) is 36.1 Å². The lowest BCUT2D eigenvalue weighted by molar-refractivity contribution is 0.524. The maximum Gasteiger partial charge on any atom is 0.329 e. The Labute approximate surface area is 151 Å². The van der Waals surface area contributed by atoms with Crippen LogP contribution in [0.1, 0.15) is 31.4 Å². The van der Waals surface area contributed by atoms with Crippen LogP contribution in [0.4, 0.5) is 5.95 Å². The van der Waals surface area contributed by atoms with Gasteiger partial charge in [0.2, 0.25) is 5.95 Å². The van der Waals surface area contributed by atoms with E-state index in [4.69, 9.17) is 0 Å². The highest BCUT2D eigenvalue weighted by molar-refractivity contribution is 5.74. The van der Waals surface area contributed by atoms with Gasteiger partial charge in [0.25, 0.3) is 5.56 Å². The molecular formula is C19H25N5O2. The predicted molar refractivity (Wildman–Crippen MR) is 104 cm³/mol. The van der Waals surface area contributed by atoms with Crippen molar-refractivity contribution >= 4 is 17.1 Å². The number of nitrogens with zero attached hydrogens (tertiary/aromatic N) is 3. The minimum Gasteiger partial charge on any atom is -0.352 e. The van der Waals surface area contributed by atoms with Gasteiger partial charge in [-0.3, -0.25) is 14.3 Å². The molecule has 0 radical (unpaired) electrons. The SMILES string of the molecule is Cc1ccc(CNc2nc3c(c(=O)[nH]c(=O)n3C)n2CCC(C)C)cc1. The van der Waals surface area contributed by atoms with Gasteiger partial charge in [-0.25, -0.2) is 4.79 Å². The Morgan fingerprint density at radius 2 is 1.88 bits per heavy atom. The molecule has 0 saturated carbocycles.